The average molecular weight is 735 g/mol. The van der Waals surface area contributed by atoms with Crippen LogP contribution in [-0.4, -0.2) is 59.4 Å². The second-order valence-corrected chi connectivity index (χ2v) is 16.6. The highest BCUT2D eigenvalue weighted by molar-refractivity contribution is 6.29. The monoisotopic (exact) mass is 734 g/mol. The fraction of sp³-hybridized carbons (Fsp3) is 0.488. The summed E-state index contributed by atoms with van der Waals surface area (Å²) in [4.78, 5) is 44.6. The van der Waals surface area contributed by atoms with Gasteiger partial charge in [0.05, 0.1) is 34.2 Å². The molecule has 5 aromatic rings. The van der Waals surface area contributed by atoms with Crippen molar-refractivity contribution in [2.45, 2.75) is 114 Å². The van der Waals surface area contributed by atoms with Gasteiger partial charge in [-0.3, -0.25) is 9.59 Å². The zero-order chi connectivity index (χ0) is 36.1. The molecule has 274 valence electrons. The van der Waals surface area contributed by atoms with Crippen LogP contribution in [-0.2, 0) is 13.0 Å². The van der Waals surface area contributed by atoms with Gasteiger partial charge >= 0.3 is 0 Å². The summed E-state index contributed by atoms with van der Waals surface area (Å²) in [5, 5.41) is 4.62. The first-order chi connectivity index (χ1) is 25.7. The van der Waals surface area contributed by atoms with Crippen molar-refractivity contribution < 1.29 is 14.0 Å². The molecule has 10 rings (SSSR count). The van der Waals surface area contributed by atoms with E-state index in [1.807, 2.05) is 28.5 Å². The molecule has 0 spiro atoms. The maximum Gasteiger partial charge on any atom is 0.254 e. The van der Waals surface area contributed by atoms with Crippen LogP contribution in [0.15, 0.2) is 36.4 Å². The van der Waals surface area contributed by atoms with Crippen LogP contribution in [0.5, 0.6) is 0 Å². The Morgan fingerprint density at radius 2 is 1.81 bits per heavy atom. The van der Waals surface area contributed by atoms with Gasteiger partial charge in [0.1, 0.15) is 22.1 Å². The largest absolute Gasteiger partial charge is 0.344 e. The summed E-state index contributed by atoms with van der Waals surface area (Å²) in [5.74, 6) is 0.768. The molecule has 2 aliphatic heterocycles. The Kier molecular flexibility index (Phi) is 7.91. The molecule has 5 aliphatic rings. The van der Waals surface area contributed by atoms with E-state index in [4.69, 9.17) is 27.3 Å². The van der Waals surface area contributed by atoms with Crippen LogP contribution in [0.25, 0.3) is 33.6 Å². The molecule has 4 fully saturated rings. The van der Waals surface area contributed by atoms with Crippen molar-refractivity contribution in [1.29, 1.82) is 0 Å². The first kappa shape index (κ1) is 33.2. The Morgan fingerprint density at radius 3 is 2.62 bits per heavy atom. The highest BCUT2D eigenvalue weighted by Crippen LogP contribution is 2.45. The summed E-state index contributed by atoms with van der Waals surface area (Å²) in [7, 11) is 0. The van der Waals surface area contributed by atoms with Crippen molar-refractivity contribution in [2.75, 3.05) is 6.54 Å². The molecule has 3 aliphatic carbocycles. The fourth-order valence-corrected chi connectivity index (χ4v) is 9.62. The van der Waals surface area contributed by atoms with Gasteiger partial charge in [-0.2, -0.15) is 0 Å². The number of amides is 2. The van der Waals surface area contributed by atoms with Crippen LogP contribution >= 0.6 is 11.6 Å². The molecule has 12 heteroatoms. The van der Waals surface area contributed by atoms with Gasteiger partial charge in [-0.1, -0.05) is 18.0 Å². The van der Waals surface area contributed by atoms with Crippen LogP contribution < -0.4 is 11.1 Å². The molecule has 3 saturated carbocycles. The highest BCUT2D eigenvalue weighted by Gasteiger charge is 2.41. The zero-order valence-electron chi connectivity index (χ0n) is 30.0. The molecule has 53 heavy (non-hydrogen) atoms. The van der Waals surface area contributed by atoms with E-state index in [0.29, 0.717) is 64.5 Å². The molecule has 1 saturated heterocycles. The number of imidazole rings is 1. The molecule has 3 N–H and O–H groups in total. The second-order valence-electron chi connectivity index (χ2n) is 16.2. The normalized spacial score (nSPS) is 24.8. The highest BCUT2D eigenvalue weighted by atomic mass is 35.5. The number of carbonyl (C=O) groups excluding carboxylic acids is 2. The van der Waals surface area contributed by atoms with E-state index in [9.17, 15) is 9.59 Å². The summed E-state index contributed by atoms with van der Waals surface area (Å²) in [6.07, 6.45) is 10.2. The topological polar surface area (TPSA) is 124 Å². The van der Waals surface area contributed by atoms with Crippen molar-refractivity contribution in [3.05, 3.63) is 75.4 Å². The Bertz CT molecular complexity index is 2330. The molecular formula is C41H44ClFN8O2. The van der Waals surface area contributed by atoms with Crippen LogP contribution in [0, 0.1) is 11.7 Å². The van der Waals surface area contributed by atoms with Crippen LogP contribution in [0.2, 0.25) is 5.15 Å². The summed E-state index contributed by atoms with van der Waals surface area (Å²) < 4.78 is 20.6. The number of aryl methyl sites for hydroxylation is 2. The lowest BCUT2D eigenvalue weighted by Gasteiger charge is -2.37. The lowest BCUT2D eigenvalue weighted by molar-refractivity contribution is 0.0603. The number of piperidine rings is 1. The number of nitrogens with one attached hydrogen (secondary N) is 1. The Balaban J connectivity index is 1.04. The number of rotatable bonds is 4. The van der Waals surface area contributed by atoms with E-state index < -0.39 is 5.82 Å². The van der Waals surface area contributed by atoms with Gasteiger partial charge in [-0.05, 0) is 125 Å². The van der Waals surface area contributed by atoms with E-state index in [1.54, 1.807) is 6.07 Å². The minimum absolute atomic E-state index is 0.0451. The smallest absolute Gasteiger partial charge is 0.254 e. The lowest BCUT2D eigenvalue weighted by atomic mass is 9.94. The molecule has 10 nitrogen and oxygen atoms in total. The van der Waals surface area contributed by atoms with Gasteiger partial charge in [0.2, 0.25) is 0 Å². The third-order valence-corrected chi connectivity index (χ3v) is 12.7. The van der Waals surface area contributed by atoms with Gasteiger partial charge in [0.15, 0.2) is 5.82 Å². The molecule has 4 aromatic heterocycles. The number of fused-ring (bicyclic) bond motifs is 5. The third-order valence-electron chi connectivity index (χ3n) is 12.5. The SMILES string of the molecule is C[C@H]1NC(=O)c2c(C3CC3)cc(Cl)nc2CCCCCn2c(-c3nc4cc(C(=O)N5C[C@H](N)[C@@H]6CC[C@H]5C6)cc(F)c4n3C3CC3)cc3ccc1nc32. The first-order valence-corrected chi connectivity index (χ1v) is 19.9. The minimum atomic E-state index is -0.428. The van der Waals surface area contributed by atoms with Gasteiger partial charge in [-0.25, -0.2) is 19.3 Å². The number of aromatic nitrogens is 5. The predicted molar refractivity (Wildman–Crippen MR) is 201 cm³/mol. The number of pyridine rings is 2. The van der Waals surface area contributed by atoms with E-state index in [-0.39, 0.29) is 36.0 Å². The van der Waals surface area contributed by atoms with Crippen molar-refractivity contribution in [3.8, 4) is 11.5 Å². The molecule has 4 bridgehead atoms. The zero-order valence-corrected chi connectivity index (χ0v) is 30.7. The van der Waals surface area contributed by atoms with Gasteiger partial charge < -0.3 is 25.1 Å². The van der Waals surface area contributed by atoms with Crippen LogP contribution in [0.4, 0.5) is 4.39 Å². The van der Waals surface area contributed by atoms with E-state index in [0.717, 1.165) is 97.9 Å². The Labute approximate surface area is 312 Å². The van der Waals surface area contributed by atoms with Crippen molar-refractivity contribution in [2.24, 2.45) is 11.7 Å². The van der Waals surface area contributed by atoms with E-state index in [1.165, 1.54) is 6.07 Å². The molecule has 0 unspecified atom stereocenters. The number of hydrogen-bond acceptors (Lipinski definition) is 6. The summed E-state index contributed by atoms with van der Waals surface area (Å²) >= 11 is 6.50. The Morgan fingerprint density at radius 1 is 0.981 bits per heavy atom. The van der Waals surface area contributed by atoms with Crippen molar-refractivity contribution >= 4 is 45.5 Å². The van der Waals surface area contributed by atoms with Crippen molar-refractivity contribution in [1.82, 2.24) is 34.3 Å². The predicted octanol–water partition coefficient (Wildman–Crippen LogP) is 7.62. The number of likely N-dealkylation sites (tertiary alicyclic amines) is 1. The first-order valence-electron chi connectivity index (χ1n) is 19.5. The average Bonchev–Trinajstić information content (AvgIpc) is 4.06. The molecule has 1 aromatic carbocycles. The molecule has 2 amide bonds. The maximum atomic E-state index is 16.3. The summed E-state index contributed by atoms with van der Waals surface area (Å²) in [6, 6.07) is 11.1. The summed E-state index contributed by atoms with van der Waals surface area (Å²) in [5.41, 5.74) is 12.6. The maximum absolute atomic E-state index is 16.3. The molecule has 4 atom stereocenters. The van der Waals surface area contributed by atoms with Gasteiger partial charge in [0.25, 0.3) is 11.8 Å². The van der Waals surface area contributed by atoms with Crippen molar-refractivity contribution in [3.63, 3.8) is 0 Å². The number of benzene rings is 1. The second kappa shape index (κ2) is 12.6. The quantitative estimate of drug-likeness (QED) is 0.183. The van der Waals surface area contributed by atoms with Crippen LogP contribution in [0.3, 0.4) is 0 Å². The molecule has 0 radical (unpaired) electrons. The molecular weight excluding hydrogens is 691 g/mol. The third kappa shape index (κ3) is 5.73. The van der Waals surface area contributed by atoms with Gasteiger partial charge in [-0.15, -0.1) is 0 Å². The minimum Gasteiger partial charge on any atom is -0.344 e. The van der Waals surface area contributed by atoms with Gasteiger partial charge in [0, 0.05) is 42.2 Å². The number of carbonyl (C=O) groups is 2. The summed E-state index contributed by atoms with van der Waals surface area (Å²) in [6.45, 7) is 3.16. The Hall–Kier alpha value is -4.35. The number of nitrogens with two attached hydrogens (primary N) is 1. The van der Waals surface area contributed by atoms with E-state index >= 15 is 4.39 Å². The number of halogens is 2. The number of nitrogens with zero attached hydrogens (tertiary/aromatic N) is 6. The fourth-order valence-electron chi connectivity index (χ4n) is 9.40. The lowest BCUT2D eigenvalue weighted by Crippen LogP contribution is -2.51. The van der Waals surface area contributed by atoms with Crippen LogP contribution in [0.1, 0.15) is 127 Å². The molecule has 6 heterocycles. The standard InChI is InChI=1S/C41H44ClFN8O2/c1-21-31-13-9-24-18-34(49(38(24)47-31)14-4-2-3-5-32-36(40(52)45-21)28(22-6-7-22)19-35(42)46-32)39-48-33-17-25(16-29(43)37(33)51(39)26-11-12-26)41(53)50-20-30(44)23-8-10-27(50)15-23/h9,13,16-19,21-23,26-27,30H,2-8,10-12,14-15,20,44H2,1H3,(H,45,52)/t21-,23-,27+,30+/m1/s1. The number of hydrogen-bond donors (Lipinski definition) is 2. The van der Waals surface area contributed by atoms with E-state index in [2.05, 4.69) is 27.0 Å².